The van der Waals surface area contributed by atoms with Gasteiger partial charge in [-0.05, 0) is 11.6 Å². The molecule has 1 aromatic carbocycles. The molecule has 2 atom stereocenters. The molecule has 0 bridgehead atoms. The maximum absolute atomic E-state index is 12.8. The molecule has 1 heterocycles. The van der Waals surface area contributed by atoms with Gasteiger partial charge in [0.2, 0.25) is 0 Å². The first-order valence-corrected chi connectivity index (χ1v) is 4.28. The minimum Gasteiger partial charge on any atom is -0.480 e. The lowest BCUT2D eigenvalue weighted by atomic mass is 9.98. The molecule has 0 unspecified atom stereocenters. The number of aliphatic carboxylic acids is 1. The van der Waals surface area contributed by atoms with Crippen LogP contribution in [-0.4, -0.2) is 17.1 Å². The van der Waals surface area contributed by atoms with Crippen LogP contribution in [0.2, 0.25) is 0 Å². The van der Waals surface area contributed by atoms with Crippen molar-refractivity contribution in [2.45, 2.75) is 12.1 Å². The van der Waals surface area contributed by atoms with E-state index in [9.17, 15) is 9.18 Å². The standard InChI is InChI=1S/C9H8FN3O2/c10-4-1-2-5-6(3-4)12-13-8(7(5)11)9(14)15/h1-3,7-8H,11H2,(H,14,15)/t7-,8+/m0/s1. The van der Waals surface area contributed by atoms with Crippen molar-refractivity contribution in [3.05, 3.63) is 29.6 Å². The summed E-state index contributed by atoms with van der Waals surface area (Å²) in [5.41, 5.74) is 6.48. The number of rotatable bonds is 1. The van der Waals surface area contributed by atoms with Crippen LogP contribution in [0.5, 0.6) is 0 Å². The van der Waals surface area contributed by atoms with Crippen LogP contribution in [0, 0.1) is 5.82 Å². The Morgan fingerprint density at radius 2 is 2.27 bits per heavy atom. The second-order valence-electron chi connectivity index (χ2n) is 3.23. The van der Waals surface area contributed by atoms with Crippen molar-refractivity contribution in [1.29, 1.82) is 0 Å². The largest absolute Gasteiger partial charge is 0.480 e. The van der Waals surface area contributed by atoms with Crippen molar-refractivity contribution in [3.8, 4) is 0 Å². The van der Waals surface area contributed by atoms with Gasteiger partial charge in [-0.3, -0.25) is 0 Å². The molecule has 0 amide bonds. The molecule has 1 aromatic rings. The van der Waals surface area contributed by atoms with Crippen LogP contribution < -0.4 is 5.73 Å². The van der Waals surface area contributed by atoms with E-state index in [1.165, 1.54) is 18.2 Å². The molecule has 2 rings (SSSR count). The summed E-state index contributed by atoms with van der Waals surface area (Å²) < 4.78 is 12.8. The van der Waals surface area contributed by atoms with Gasteiger partial charge in [-0.15, -0.1) is 0 Å². The zero-order valence-corrected chi connectivity index (χ0v) is 7.59. The Labute approximate surface area is 84.4 Å². The molecular formula is C9H8FN3O2. The molecule has 0 saturated carbocycles. The fourth-order valence-corrected chi connectivity index (χ4v) is 1.45. The third kappa shape index (κ3) is 1.59. The van der Waals surface area contributed by atoms with E-state index in [1.54, 1.807) is 0 Å². The van der Waals surface area contributed by atoms with Crippen molar-refractivity contribution < 1.29 is 14.3 Å². The average Bonchev–Trinajstić information content (AvgIpc) is 2.17. The van der Waals surface area contributed by atoms with Gasteiger partial charge in [0.25, 0.3) is 0 Å². The van der Waals surface area contributed by atoms with Crippen LogP contribution in [0.25, 0.3) is 0 Å². The quantitative estimate of drug-likeness (QED) is 0.732. The Morgan fingerprint density at radius 3 is 2.93 bits per heavy atom. The molecule has 6 heteroatoms. The highest BCUT2D eigenvalue weighted by Crippen LogP contribution is 2.33. The summed E-state index contributed by atoms with van der Waals surface area (Å²) in [4.78, 5) is 10.7. The molecule has 0 fully saturated rings. The monoisotopic (exact) mass is 209 g/mol. The Kier molecular flexibility index (Phi) is 2.20. The average molecular weight is 209 g/mol. The third-order valence-electron chi connectivity index (χ3n) is 2.23. The summed E-state index contributed by atoms with van der Waals surface area (Å²) in [5, 5.41) is 15.9. The van der Waals surface area contributed by atoms with Crippen LogP contribution in [0.3, 0.4) is 0 Å². The smallest absolute Gasteiger partial charge is 0.332 e. The molecule has 1 aliphatic rings. The van der Waals surface area contributed by atoms with E-state index >= 15 is 0 Å². The molecule has 3 N–H and O–H groups in total. The van der Waals surface area contributed by atoms with E-state index in [4.69, 9.17) is 10.8 Å². The van der Waals surface area contributed by atoms with Gasteiger partial charge in [0.15, 0.2) is 6.04 Å². The van der Waals surface area contributed by atoms with Crippen molar-refractivity contribution in [2.24, 2.45) is 16.0 Å². The van der Waals surface area contributed by atoms with E-state index in [0.29, 0.717) is 11.3 Å². The van der Waals surface area contributed by atoms with Gasteiger partial charge < -0.3 is 10.8 Å². The SMILES string of the molecule is N[C@H]1c2ccc(F)cc2N=N[C@H]1C(=O)O. The van der Waals surface area contributed by atoms with E-state index in [-0.39, 0.29) is 0 Å². The number of carboxylic acid groups (broad SMARTS) is 1. The summed E-state index contributed by atoms with van der Waals surface area (Å²) in [5.74, 6) is -1.59. The fourth-order valence-electron chi connectivity index (χ4n) is 1.45. The highest BCUT2D eigenvalue weighted by atomic mass is 19.1. The number of benzene rings is 1. The summed E-state index contributed by atoms with van der Waals surface area (Å²) >= 11 is 0. The van der Waals surface area contributed by atoms with Crippen molar-refractivity contribution in [1.82, 2.24) is 0 Å². The number of hydrogen-bond donors (Lipinski definition) is 2. The molecule has 0 aliphatic carbocycles. The molecule has 0 saturated heterocycles. The number of carboxylic acids is 1. The molecule has 5 nitrogen and oxygen atoms in total. The first kappa shape index (κ1) is 9.72. The minimum absolute atomic E-state index is 0.292. The summed E-state index contributed by atoms with van der Waals surface area (Å²) in [6, 6.07) is 1.96. The number of fused-ring (bicyclic) bond motifs is 1. The fraction of sp³-hybridized carbons (Fsp3) is 0.222. The van der Waals surface area contributed by atoms with Crippen LogP contribution in [-0.2, 0) is 4.79 Å². The van der Waals surface area contributed by atoms with Gasteiger partial charge in [0.1, 0.15) is 5.82 Å². The lowest BCUT2D eigenvalue weighted by molar-refractivity contribution is -0.139. The minimum atomic E-state index is -1.14. The number of azo groups is 1. The normalized spacial score (nSPS) is 23.6. The summed E-state index contributed by atoms with van der Waals surface area (Å²) in [6.07, 6.45) is 0. The molecule has 78 valence electrons. The number of hydrogen-bond acceptors (Lipinski definition) is 4. The van der Waals surface area contributed by atoms with E-state index in [1.807, 2.05) is 0 Å². The first-order valence-electron chi connectivity index (χ1n) is 4.28. The molecule has 0 radical (unpaired) electrons. The number of halogens is 1. The van der Waals surface area contributed by atoms with Crippen LogP contribution in [0.4, 0.5) is 10.1 Å². The van der Waals surface area contributed by atoms with Gasteiger partial charge >= 0.3 is 5.97 Å². The molecule has 0 spiro atoms. The summed E-state index contributed by atoms with van der Waals surface area (Å²) in [7, 11) is 0. The number of nitrogens with two attached hydrogens (primary N) is 1. The second kappa shape index (κ2) is 3.39. The maximum Gasteiger partial charge on any atom is 0.332 e. The highest BCUT2D eigenvalue weighted by Gasteiger charge is 2.31. The van der Waals surface area contributed by atoms with Crippen molar-refractivity contribution in [3.63, 3.8) is 0 Å². The van der Waals surface area contributed by atoms with Crippen LogP contribution >= 0.6 is 0 Å². The van der Waals surface area contributed by atoms with Gasteiger partial charge in [-0.2, -0.15) is 10.2 Å². The van der Waals surface area contributed by atoms with E-state index in [2.05, 4.69) is 10.2 Å². The van der Waals surface area contributed by atoms with Gasteiger partial charge in [-0.1, -0.05) is 6.07 Å². The topological polar surface area (TPSA) is 88.0 Å². The van der Waals surface area contributed by atoms with E-state index < -0.39 is 23.9 Å². The Hall–Kier alpha value is -1.82. The lowest BCUT2D eigenvalue weighted by Crippen LogP contribution is -2.33. The predicted molar refractivity (Wildman–Crippen MR) is 49.3 cm³/mol. The van der Waals surface area contributed by atoms with Crippen molar-refractivity contribution in [2.75, 3.05) is 0 Å². The maximum atomic E-state index is 12.8. The van der Waals surface area contributed by atoms with Crippen LogP contribution in [0.1, 0.15) is 11.6 Å². The van der Waals surface area contributed by atoms with Crippen LogP contribution in [0.15, 0.2) is 28.4 Å². The number of carbonyl (C=O) groups is 1. The molecule has 15 heavy (non-hydrogen) atoms. The third-order valence-corrected chi connectivity index (χ3v) is 2.23. The lowest BCUT2D eigenvalue weighted by Gasteiger charge is -2.21. The van der Waals surface area contributed by atoms with Crippen molar-refractivity contribution >= 4 is 11.7 Å². The zero-order valence-electron chi connectivity index (χ0n) is 7.59. The van der Waals surface area contributed by atoms with E-state index in [0.717, 1.165) is 0 Å². The first-order chi connectivity index (χ1) is 7.09. The second-order valence-corrected chi connectivity index (χ2v) is 3.23. The molecular weight excluding hydrogens is 201 g/mol. The Morgan fingerprint density at radius 1 is 1.53 bits per heavy atom. The zero-order chi connectivity index (χ0) is 11.0. The Bertz CT molecular complexity index is 447. The number of nitrogens with zero attached hydrogens (tertiary/aromatic N) is 2. The molecule has 0 aromatic heterocycles. The van der Waals surface area contributed by atoms with Gasteiger partial charge in [-0.25, -0.2) is 9.18 Å². The predicted octanol–water partition coefficient (Wildman–Crippen LogP) is 1.38. The van der Waals surface area contributed by atoms with Gasteiger partial charge in [0, 0.05) is 6.07 Å². The Balaban J connectivity index is 2.46. The van der Waals surface area contributed by atoms with Gasteiger partial charge in [0.05, 0.1) is 11.7 Å². The highest BCUT2D eigenvalue weighted by molar-refractivity contribution is 5.76. The summed E-state index contributed by atoms with van der Waals surface area (Å²) in [6.45, 7) is 0. The molecule has 1 aliphatic heterocycles.